The molecule has 1 heterocycles. The van der Waals surface area contributed by atoms with Crippen LogP contribution in [0.25, 0.3) is 0 Å². The molecule has 0 bridgehead atoms. The van der Waals surface area contributed by atoms with Gasteiger partial charge < -0.3 is 0 Å². The van der Waals surface area contributed by atoms with Gasteiger partial charge in [-0.2, -0.15) is 0 Å². The van der Waals surface area contributed by atoms with Crippen molar-refractivity contribution in [3.8, 4) is 0 Å². The van der Waals surface area contributed by atoms with Crippen LogP contribution in [-0.2, 0) is 16.4 Å². The van der Waals surface area contributed by atoms with Crippen molar-refractivity contribution >= 4 is 21.4 Å². The second kappa shape index (κ2) is 5.63. The molecule has 0 aliphatic heterocycles. The van der Waals surface area contributed by atoms with Crippen LogP contribution in [0.3, 0.4) is 0 Å². The normalized spacial score (nSPS) is 14.0. The summed E-state index contributed by atoms with van der Waals surface area (Å²) in [7, 11) is -3.04. The van der Waals surface area contributed by atoms with E-state index in [4.69, 9.17) is 0 Å². The fourth-order valence-corrected chi connectivity index (χ4v) is 2.83. The van der Waals surface area contributed by atoms with E-state index in [-0.39, 0.29) is 5.75 Å². The predicted octanol–water partition coefficient (Wildman–Crippen LogP) is 1.87. The van der Waals surface area contributed by atoms with Gasteiger partial charge in [-0.05, 0) is 30.7 Å². The Labute approximate surface area is 95.6 Å². The Morgan fingerprint density at radius 1 is 1.53 bits per heavy atom. The van der Waals surface area contributed by atoms with E-state index < -0.39 is 10.0 Å². The smallest absolute Gasteiger partial charge is 0.211 e. The lowest BCUT2D eigenvalue weighted by Gasteiger charge is -2.11. The summed E-state index contributed by atoms with van der Waals surface area (Å²) in [5.41, 5.74) is 0. The van der Waals surface area contributed by atoms with Gasteiger partial charge in [-0.3, -0.25) is 0 Å². The molecular formula is C10H17NO2S2. The quantitative estimate of drug-likeness (QED) is 0.834. The summed E-state index contributed by atoms with van der Waals surface area (Å²) in [5.74, 6) is 0.489. The van der Waals surface area contributed by atoms with Crippen molar-refractivity contribution in [2.45, 2.75) is 20.3 Å². The van der Waals surface area contributed by atoms with Gasteiger partial charge in [-0.25, -0.2) is 13.1 Å². The number of nitrogens with one attached hydrogen (secondary N) is 1. The fourth-order valence-electron chi connectivity index (χ4n) is 1.22. The van der Waals surface area contributed by atoms with Gasteiger partial charge in [-0.15, -0.1) is 11.3 Å². The highest BCUT2D eigenvalue weighted by molar-refractivity contribution is 7.89. The van der Waals surface area contributed by atoms with Crippen molar-refractivity contribution in [2.75, 3.05) is 12.3 Å². The van der Waals surface area contributed by atoms with Gasteiger partial charge in [0.25, 0.3) is 0 Å². The molecular weight excluding hydrogens is 230 g/mol. The van der Waals surface area contributed by atoms with Crippen LogP contribution in [0, 0.1) is 5.92 Å². The Hall–Kier alpha value is -0.390. The molecule has 1 rings (SSSR count). The molecule has 1 aromatic rings. The molecule has 1 aromatic heterocycles. The first-order chi connectivity index (χ1) is 7.03. The third-order valence-corrected chi connectivity index (χ3v) is 4.43. The Morgan fingerprint density at radius 2 is 2.27 bits per heavy atom. The molecule has 5 heteroatoms. The van der Waals surface area contributed by atoms with Crippen molar-refractivity contribution < 1.29 is 8.42 Å². The van der Waals surface area contributed by atoms with Crippen molar-refractivity contribution in [3.63, 3.8) is 0 Å². The fraction of sp³-hybridized carbons (Fsp3) is 0.600. The van der Waals surface area contributed by atoms with Crippen LogP contribution in [0.1, 0.15) is 18.7 Å². The van der Waals surface area contributed by atoms with Crippen molar-refractivity contribution in [2.24, 2.45) is 5.92 Å². The highest BCUT2D eigenvalue weighted by Crippen LogP contribution is 2.13. The monoisotopic (exact) mass is 247 g/mol. The van der Waals surface area contributed by atoms with Crippen molar-refractivity contribution in [1.29, 1.82) is 0 Å². The summed E-state index contributed by atoms with van der Waals surface area (Å²) in [6.45, 7) is 4.22. The molecule has 0 spiro atoms. The van der Waals surface area contributed by atoms with Gasteiger partial charge in [0, 0.05) is 11.4 Å². The number of hydrogen-bond acceptors (Lipinski definition) is 3. The highest BCUT2D eigenvalue weighted by Gasteiger charge is 2.10. The molecule has 1 atom stereocenters. The molecule has 0 amide bonds. The molecule has 0 aliphatic rings. The maximum atomic E-state index is 11.2. The summed E-state index contributed by atoms with van der Waals surface area (Å²) < 4.78 is 25.0. The summed E-state index contributed by atoms with van der Waals surface area (Å²) in [6, 6.07) is 4.10. The molecule has 1 unspecified atom stereocenters. The largest absolute Gasteiger partial charge is 0.215 e. The van der Waals surface area contributed by atoms with E-state index in [0.717, 1.165) is 6.42 Å². The third-order valence-electron chi connectivity index (χ3n) is 2.16. The van der Waals surface area contributed by atoms with Gasteiger partial charge in [-0.1, -0.05) is 13.0 Å². The summed E-state index contributed by atoms with van der Waals surface area (Å²) in [5, 5.41) is 2.04. The van der Waals surface area contributed by atoms with Crippen LogP contribution in [0.15, 0.2) is 17.5 Å². The van der Waals surface area contributed by atoms with E-state index in [9.17, 15) is 8.42 Å². The number of thiophene rings is 1. The summed E-state index contributed by atoms with van der Waals surface area (Å²) >= 11 is 1.71. The van der Waals surface area contributed by atoms with E-state index in [2.05, 4.69) is 17.7 Å². The molecule has 0 aliphatic carbocycles. The lowest BCUT2D eigenvalue weighted by Crippen LogP contribution is -2.30. The molecule has 0 fully saturated rings. The maximum absolute atomic E-state index is 11.2. The Morgan fingerprint density at radius 3 is 2.80 bits per heavy atom. The lowest BCUT2D eigenvalue weighted by atomic mass is 10.1. The zero-order valence-electron chi connectivity index (χ0n) is 9.06. The van der Waals surface area contributed by atoms with E-state index in [1.807, 2.05) is 11.4 Å². The van der Waals surface area contributed by atoms with Crippen LogP contribution in [-0.4, -0.2) is 20.7 Å². The topological polar surface area (TPSA) is 46.2 Å². The van der Waals surface area contributed by atoms with Gasteiger partial charge in [0.2, 0.25) is 10.0 Å². The van der Waals surface area contributed by atoms with Crippen LogP contribution in [0.2, 0.25) is 0 Å². The van der Waals surface area contributed by atoms with Crippen LogP contribution in [0.4, 0.5) is 0 Å². The second-order valence-corrected chi connectivity index (χ2v) is 6.77. The summed E-state index contributed by atoms with van der Waals surface area (Å²) in [6.07, 6.45) is 0.934. The first-order valence-corrected chi connectivity index (χ1v) is 7.56. The molecule has 86 valence electrons. The maximum Gasteiger partial charge on any atom is 0.211 e. The van der Waals surface area contributed by atoms with Gasteiger partial charge in [0.05, 0.1) is 5.75 Å². The van der Waals surface area contributed by atoms with Gasteiger partial charge in [0.15, 0.2) is 0 Å². The van der Waals surface area contributed by atoms with Gasteiger partial charge >= 0.3 is 0 Å². The molecule has 15 heavy (non-hydrogen) atoms. The highest BCUT2D eigenvalue weighted by atomic mass is 32.2. The van der Waals surface area contributed by atoms with Crippen molar-refractivity contribution in [1.82, 2.24) is 4.72 Å². The van der Waals surface area contributed by atoms with Gasteiger partial charge in [0.1, 0.15) is 0 Å². The number of rotatable bonds is 6. The molecule has 0 aromatic carbocycles. The van der Waals surface area contributed by atoms with E-state index in [1.165, 1.54) is 4.88 Å². The predicted molar refractivity (Wildman–Crippen MR) is 64.7 cm³/mol. The first kappa shape index (κ1) is 12.7. The number of hydrogen-bond donors (Lipinski definition) is 1. The average molecular weight is 247 g/mol. The van der Waals surface area contributed by atoms with Crippen LogP contribution in [0.5, 0.6) is 0 Å². The Kier molecular flexibility index (Phi) is 4.76. The average Bonchev–Trinajstić information content (AvgIpc) is 2.68. The molecule has 0 saturated carbocycles. The second-order valence-electron chi connectivity index (χ2n) is 3.64. The Bertz CT molecular complexity index is 370. The number of sulfonamides is 1. The molecule has 3 nitrogen and oxygen atoms in total. The van der Waals surface area contributed by atoms with Crippen LogP contribution >= 0.6 is 11.3 Å². The minimum atomic E-state index is -3.04. The zero-order chi connectivity index (χ0) is 11.3. The SMILES string of the molecule is CCS(=O)(=O)NCC(C)Cc1cccs1. The molecule has 0 saturated heterocycles. The standard InChI is InChI=1S/C10H17NO2S2/c1-3-15(12,13)11-8-9(2)7-10-5-4-6-14-10/h4-6,9,11H,3,7-8H2,1-2H3. The van der Waals surface area contributed by atoms with Crippen molar-refractivity contribution in [3.05, 3.63) is 22.4 Å². The minimum absolute atomic E-state index is 0.152. The van der Waals surface area contributed by atoms with Crippen LogP contribution < -0.4 is 4.72 Å². The van der Waals surface area contributed by atoms with E-state index >= 15 is 0 Å². The molecule has 0 radical (unpaired) electrons. The van der Waals surface area contributed by atoms with E-state index in [1.54, 1.807) is 18.3 Å². The zero-order valence-corrected chi connectivity index (χ0v) is 10.7. The summed E-state index contributed by atoms with van der Waals surface area (Å²) in [4.78, 5) is 1.30. The molecule has 1 N–H and O–H groups in total. The minimum Gasteiger partial charge on any atom is -0.215 e. The first-order valence-electron chi connectivity index (χ1n) is 5.03. The lowest BCUT2D eigenvalue weighted by molar-refractivity contribution is 0.540. The van der Waals surface area contributed by atoms with E-state index in [0.29, 0.717) is 12.5 Å². The third kappa shape index (κ3) is 4.77. The Balaban J connectivity index is 2.34.